The Hall–Kier alpha value is -2.67. The van der Waals surface area contributed by atoms with Crippen molar-refractivity contribution >= 4 is 23.5 Å². The van der Waals surface area contributed by atoms with Crippen molar-refractivity contribution in [1.82, 2.24) is 4.90 Å². The normalized spacial score (nSPS) is 25.5. The fraction of sp³-hybridized carbons (Fsp3) is 0.607. The molecule has 1 aromatic rings. The monoisotopic (exact) mass is 484 g/mol. The van der Waals surface area contributed by atoms with E-state index in [2.05, 4.69) is 12.2 Å². The number of rotatable bonds is 11. The molecule has 5 atom stereocenters. The van der Waals surface area contributed by atoms with Crippen LogP contribution in [0.4, 0.5) is 5.69 Å². The van der Waals surface area contributed by atoms with E-state index in [0.717, 1.165) is 36.1 Å². The molecule has 2 aliphatic rings. The first-order chi connectivity index (χ1) is 16.8. The van der Waals surface area contributed by atoms with Crippen molar-refractivity contribution in [3.63, 3.8) is 0 Å². The predicted molar refractivity (Wildman–Crippen MR) is 136 cm³/mol. The van der Waals surface area contributed by atoms with Crippen molar-refractivity contribution < 1.29 is 24.2 Å². The minimum absolute atomic E-state index is 0.0825. The standard InChI is InChI=1S/C28H40N2O5/c1-5-11-20-14-15-21-23(22(20)28(34)35-6-2)27(33)30(16-8-7-9-17-31)25(21)26(32)29-24-18(3)12-10-13-19(24)4/h10,12-15,20-23,25,31H,5-9,11,16-17H2,1-4H3,(H,29,32)/t20-,21+,22-,23+,25+/m1/s1. The van der Waals surface area contributed by atoms with Crippen LogP contribution < -0.4 is 5.32 Å². The topological polar surface area (TPSA) is 95.9 Å². The minimum atomic E-state index is -0.698. The molecule has 0 radical (unpaired) electrons. The van der Waals surface area contributed by atoms with Crippen LogP contribution in [0.25, 0.3) is 0 Å². The number of hydrogen-bond donors (Lipinski definition) is 2. The van der Waals surface area contributed by atoms with Crippen LogP contribution >= 0.6 is 0 Å². The molecule has 1 fully saturated rings. The fourth-order valence-corrected chi connectivity index (χ4v) is 5.69. The lowest BCUT2D eigenvalue weighted by Crippen LogP contribution is -2.45. The van der Waals surface area contributed by atoms with Crippen molar-refractivity contribution in [3.8, 4) is 0 Å². The zero-order chi connectivity index (χ0) is 25.5. The van der Waals surface area contributed by atoms with Gasteiger partial charge in [-0.3, -0.25) is 14.4 Å². The van der Waals surface area contributed by atoms with E-state index in [1.165, 1.54) is 0 Å². The lowest BCUT2D eigenvalue weighted by atomic mass is 9.69. The Balaban J connectivity index is 1.97. The number of esters is 1. The minimum Gasteiger partial charge on any atom is -0.466 e. The summed E-state index contributed by atoms with van der Waals surface area (Å²) in [6.45, 7) is 8.50. The third-order valence-electron chi connectivity index (χ3n) is 7.35. The summed E-state index contributed by atoms with van der Waals surface area (Å²) < 4.78 is 5.41. The Bertz CT molecular complexity index is 923. The molecule has 2 N–H and O–H groups in total. The van der Waals surface area contributed by atoms with Crippen LogP contribution in [0.1, 0.15) is 57.1 Å². The SMILES string of the molecule is CCC[C@@H]1C=C[C@H]2[C@H](C(=O)N(CCCCCO)[C@@H]2C(=O)Nc2c(C)cccc2C)[C@@H]1C(=O)OCC. The maximum absolute atomic E-state index is 13.8. The van der Waals surface area contributed by atoms with Gasteiger partial charge in [-0.1, -0.05) is 43.7 Å². The largest absolute Gasteiger partial charge is 0.466 e. The average molecular weight is 485 g/mol. The number of amides is 2. The first kappa shape index (κ1) is 26.9. The second-order valence-electron chi connectivity index (χ2n) is 9.74. The van der Waals surface area contributed by atoms with Crippen LogP contribution in [-0.4, -0.2) is 53.6 Å². The number of carbonyl (C=O) groups is 3. The Morgan fingerprint density at radius 3 is 2.43 bits per heavy atom. The Labute approximate surface area is 208 Å². The van der Waals surface area contributed by atoms with Gasteiger partial charge in [0.05, 0.1) is 18.4 Å². The first-order valence-electron chi connectivity index (χ1n) is 13.0. The number of nitrogens with zero attached hydrogens (tertiary/aromatic N) is 1. The molecule has 0 saturated carbocycles. The van der Waals surface area contributed by atoms with E-state index < -0.39 is 23.8 Å². The molecular formula is C28H40N2O5. The Kier molecular flexibility index (Phi) is 9.49. The van der Waals surface area contributed by atoms with E-state index in [0.29, 0.717) is 19.4 Å². The summed E-state index contributed by atoms with van der Waals surface area (Å²) in [6.07, 6.45) is 7.78. The van der Waals surface area contributed by atoms with Crippen LogP contribution in [0, 0.1) is 37.5 Å². The molecule has 7 nitrogen and oxygen atoms in total. The number of ether oxygens (including phenoxy) is 1. The summed E-state index contributed by atoms with van der Waals surface area (Å²) in [5.74, 6) is -2.41. The zero-order valence-electron chi connectivity index (χ0n) is 21.5. The van der Waals surface area contributed by atoms with Gasteiger partial charge >= 0.3 is 5.97 Å². The molecule has 192 valence electrons. The van der Waals surface area contributed by atoms with Crippen LogP contribution in [-0.2, 0) is 19.1 Å². The van der Waals surface area contributed by atoms with Gasteiger partial charge in [0, 0.05) is 24.8 Å². The molecule has 2 amide bonds. The number of aliphatic hydroxyl groups excluding tert-OH is 1. The molecular weight excluding hydrogens is 444 g/mol. The molecule has 35 heavy (non-hydrogen) atoms. The number of benzene rings is 1. The summed E-state index contributed by atoms with van der Waals surface area (Å²) in [4.78, 5) is 42.3. The predicted octanol–water partition coefficient (Wildman–Crippen LogP) is 4.01. The van der Waals surface area contributed by atoms with Crippen molar-refractivity contribution in [1.29, 1.82) is 0 Å². The molecule has 0 unspecified atom stereocenters. The summed E-state index contributed by atoms with van der Waals surface area (Å²) in [5, 5.41) is 12.2. The number of fused-ring (bicyclic) bond motifs is 1. The van der Waals surface area contributed by atoms with Gasteiger partial charge in [-0.25, -0.2) is 0 Å². The third-order valence-corrected chi connectivity index (χ3v) is 7.35. The molecule has 3 rings (SSSR count). The number of para-hydroxylation sites is 1. The lowest BCUT2D eigenvalue weighted by molar-refractivity contribution is -0.155. The van der Waals surface area contributed by atoms with Gasteiger partial charge in [0.15, 0.2) is 0 Å². The van der Waals surface area contributed by atoms with Gasteiger partial charge in [-0.15, -0.1) is 0 Å². The van der Waals surface area contributed by atoms with Crippen LogP contribution in [0.15, 0.2) is 30.4 Å². The molecule has 1 saturated heterocycles. The smallest absolute Gasteiger partial charge is 0.310 e. The van der Waals surface area contributed by atoms with Crippen LogP contribution in [0.3, 0.4) is 0 Å². The van der Waals surface area contributed by atoms with E-state index in [9.17, 15) is 14.4 Å². The molecule has 1 aliphatic heterocycles. The highest BCUT2D eigenvalue weighted by molar-refractivity contribution is 6.02. The van der Waals surface area contributed by atoms with E-state index in [-0.39, 0.29) is 36.9 Å². The summed E-state index contributed by atoms with van der Waals surface area (Å²) in [5.41, 5.74) is 2.68. The summed E-state index contributed by atoms with van der Waals surface area (Å²) >= 11 is 0. The Morgan fingerprint density at radius 1 is 1.09 bits per heavy atom. The number of anilines is 1. The van der Waals surface area contributed by atoms with E-state index in [1.807, 2.05) is 44.2 Å². The highest BCUT2D eigenvalue weighted by Crippen LogP contribution is 2.46. The maximum atomic E-state index is 13.8. The van der Waals surface area contributed by atoms with Crippen LogP contribution in [0.5, 0.6) is 0 Å². The van der Waals surface area contributed by atoms with Gasteiger partial charge < -0.3 is 20.1 Å². The van der Waals surface area contributed by atoms with Gasteiger partial charge in [-0.05, 0) is 63.5 Å². The quantitative estimate of drug-likeness (QED) is 0.281. The van der Waals surface area contributed by atoms with Crippen molar-refractivity contribution in [2.75, 3.05) is 25.1 Å². The highest BCUT2D eigenvalue weighted by Gasteiger charge is 2.57. The number of aryl methyl sites for hydroxylation is 2. The summed E-state index contributed by atoms with van der Waals surface area (Å²) in [7, 11) is 0. The number of unbranched alkanes of at least 4 members (excludes halogenated alkanes) is 2. The third kappa shape index (κ3) is 5.77. The number of hydrogen-bond acceptors (Lipinski definition) is 5. The van der Waals surface area contributed by atoms with E-state index in [1.54, 1.807) is 11.8 Å². The molecule has 0 spiro atoms. The van der Waals surface area contributed by atoms with Crippen LogP contribution in [0.2, 0.25) is 0 Å². The fourth-order valence-electron chi connectivity index (χ4n) is 5.69. The van der Waals surface area contributed by atoms with Crippen molar-refractivity contribution in [2.45, 2.75) is 65.8 Å². The van der Waals surface area contributed by atoms with E-state index in [4.69, 9.17) is 9.84 Å². The lowest BCUT2D eigenvalue weighted by Gasteiger charge is -2.33. The number of carbonyl (C=O) groups excluding carboxylic acids is 3. The van der Waals surface area contributed by atoms with Gasteiger partial charge in [0.25, 0.3) is 0 Å². The number of allylic oxidation sites excluding steroid dienone is 1. The van der Waals surface area contributed by atoms with Crippen molar-refractivity contribution in [2.24, 2.45) is 23.7 Å². The van der Waals surface area contributed by atoms with Gasteiger partial charge in [0.1, 0.15) is 6.04 Å². The Morgan fingerprint density at radius 2 is 1.80 bits per heavy atom. The maximum Gasteiger partial charge on any atom is 0.310 e. The molecule has 1 heterocycles. The molecule has 1 aliphatic carbocycles. The van der Waals surface area contributed by atoms with Gasteiger partial charge in [-0.2, -0.15) is 0 Å². The second kappa shape index (κ2) is 12.3. The van der Waals surface area contributed by atoms with Gasteiger partial charge in [0.2, 0.25) is 11.8 Å². The number of likely N-dealkylation sites (tertiary alicyclic amines) is 1. The number of aliphatic hydroxyl groups is 1. The highest BCUT2D eigenvalue weighted by atomic mass is 16.5. The molecule has 0 bridgehead atoms. The summed E-state index contributed by atoms with van der Waals surface area (Å²) in [6, 6.07) is 5.15. The number of nitrogens with one attached hydrogen (secondary N) is 1. The average Bonchev–Trinajstić information content (AvgIpc) is 3.11. The molecule has 1 aromatic carbocycles. The zero-order valence-corrected chi connectivity index (χ0v) is 21.5. The van der Waals surface area contributed by atoms with E-state index >= 15 is 0 Å². The van der Waals surface area contributed by atoms with Crippen molar-refractivity contribution in [3.05, 3.63) is 41.5 Å². The molecule has 7 heteroatoms. The molecule has 0 aromatic heterocycles. The first-order valence-corrected chi connectivity index (χ1v) is 13.0. The second-order valence-corrected chi connectivity index (χ2v) is 9.74.